The van der Waals surface area contributed by atoms with E-state index in [1.807, 2.05) is 0 Å². The summed E-state index contributed by atoms with van der Waals surface area (Å²) in [5.41, 5.74) is 4.62. The highest BCUT2D eigenvalue weighted by molar-refractivity contribution is 5.97. The van der Waals surface area contributed by atoms with Gasteiger partial charge in [-0.1, -0.05) is 0 Å². The standard InChI is InChI=1S/C12H15N3O5/c1-7(2)14(6-11(13)17)12(18)8-3-4-9(15(19)20)10(16)5-8/h3-5,7,16H,6H2,1-2H3,(H2,13,17). The zero-order valence-corrected chi connectivity index (χ0v) is 11.1. The van der Waals surface area contributed by atoms with Gasteiger partial charge in [0, 0.05) is 17.7 Å². The SMILES string of the molecule is CC(C)N(CC(N)=O)C(=O)c1ccc([N+](=O)[O-])c(O)c1. The van der Waals surface area contributed by atoms with Crippen molar-refractivity contribution in [1.82, 2.24) is 4.90 Å². The molecule has 1 aromatic carbocycles. The van der Waals surface area contributed by atoms with Gasteiger partial charge in [-0.05, 0) is 26.0 Å². The van der Waals surface area contributed by atoms with Gasteiger partial charge in [-0.15, -0.1) is 0 Å². The van der Waals surface area contributed by atoms with Crippen molar-refractivity contribution in [3.63, 3.8) is 0 Å². The molecule has 8 nitrogen and oxygen atoms in total. The molecule has 0 radical (unpaired) electrons. The third-order valence-electron chi connectivity index (χ3n) is 2.63. The number of nitrogens with zero attached hydrogens (tertiary/aromatic N) is 2. The van der Waals surface area contributed by atoms with E-state index in [1.165, 1.54) is 11.0 Å². The van der Waals surface area contributed by atoms with Crippen LogP contribution in [0.25, 0.3) is 0 Å². The Balaban J connectivity index is 3.09. The smallest absolute Gasteiger partial charge is 0.310 e. The van der Waals surface area contributed by atoms with Gasteiger partial charge in [0.15, 0.2) is 5.75 Å². The minimum absolute atomic E-state index is 0.0445. The van der Waals surface area contributed by atoms with E-state index < -0.39 is 28.2 Å². The number of carbonyl (C=O) groups is 2. The molecule has 0 aliphatic rings. The molecule has 2 amide bonds. The van der Waals surface area contributed by atoms with Crippen LogP contribution in [0.1, 0.15) is 24.2 Å². The fourth-order valence-electron chi connectivity index (χ4n) is 1.63. The molecule has 0 heterocycles. The van der Waals surface area contributed by atoms with Crippen LogP contribution < -0.4 is 5.73 Å². The van der Waals surface area contributed by atoms with Crippen LogP contribution in [-0.2, 0) is 4.79 Å². The number of phenols is 1. The number of hydrogen-bond acceptors (Lipinski definition) is 5. The van der Waals surface area contributed by atoms with Crippen molar-refractivity contribution >= 4 is 17.5 Å². The molecule has 1 aromatic rings. The summed E-state index contributed by atoms with van der Waals surface area (Å²) in [6.45, 7) is 3.13. The lowest BCUT2D eigenvalue weighted by Crippen LogP contribution is -2.42. The summed E-state index contributed by atoms with van der Waals surface area (Å²) in [5, 5.41) is 20.1. The Labute approximate surface area is 114 Å². The second-order valence-corrected chi connectivity index (χ2v) is 4.45. The highest BCUT2D eigenvalue weighted by Crippen LogP contribution is 2.26. The van der Waals surface area contributed by atoms with Gasteiger partial charge in [-0.25, -0.2) is 0 Å². The summed E-state index contributed by atoms with van der Waals surface area (Å²) >= 11 is 0. The van der Waals surface area contributed by atoms with Crippen LogP contribution in [0, 0.1) is 10.1 Å². The summed E-state index contributed by atoms with van der Waals surface area (Å²) in [5.74, 6) is -1.81. The highest BCUT2D eigenvalue weighted by Gasteiger charge is 2.23. The quantitative estimate of drug-likeness (QED) is 0.604. The Morgan fingerprint density at radius 3 is 2.45 bits per heavy atom. The minimum Gasteiger partial charge on any atom is -0.502 e. The molecule has 0 bridgehead atoms. The number of aromatic hydroxyl groups is 1. The van der Waals surface area contributed by atoms with E-state index in [2.05, 4.69) is 0 Å². The third-order valence-corrected chi connectivity index (χ3v) is 2.63. The predicted octanol–water partition coefficient (Wildman–Crippen LogP) is 0.636. The molecule has 0 saturated carbocycles. The van der Waals surface area contributed by atoms with Gasteiger partial charge in [0.05, 0.1) is 11.5 Å². The fraction of sp³-hybridized carbons (Fsp3) is 0.333. The van der Waals surface area contributed by atoms with E-state index in [0.29, 0.717) is 0 Å². The first-order valence-corrected chi connectivity index (χ1v) is 5.80. The first-order valence-electron chi connectivity index (χ1n) is 5.80. The van der Waals surface area contributed by atoms with Crippen LogP contribution >= 0.6 is 0 Å². The Hall–Kier alpha value is -2.64. The fourth-order valence-corrected chi connectivity index (χ4v) is 1.63. The molecule has 0 aliphatic carbocycles. The monoisotopic (exact) mass is 281 g/mol. The van der Waals surface area contributed by atoms with Crippen LogP contribution in [0.5, 0.6) is 5.75 Å². The van der Waals surface area contributed by atoms with Crippen molar-refractivity contribution < 1.29 is 19.6 Å². The van der Waals surface area contributed by atoms with E-state index in [9.17, 15) is 24.8 Å². The number of benzene rings is 1. The number of carbonyl (C=O) groups excluding carboxylic acids is 2. The van der Waals surface area contributed by atoms with E-state index in [4.69, 9.17) is 5.73 Å². The van der Waals surface area contributed by atoms with Gasteiger partial charge in [0.1, 0.15) is 0 Å². The van der Waals surface area contributed by atoms with Crippen LogP contribution in [0.15, 0.2) is 18.2 Å². The number of primary amides is 1. The first kappa shape index (κ1) is 15.4. The second-order valence-electron chi connectivity index (χ2n) is 4.45. The normalized spacial score (nSPS) is 10.3. The lowest BCUT2D eigenvalue weighted by molar-refractivity contribution is -0.385. The van der Waals surface area contributed by atoms with Crippen molar-refractivity contribution in [2.45, 2.75) is 19.9 Å². The molecule has 0 unspecified atom stereocenters. The van der Waals surface area contributed by atoms with Gasteiger partial charge in [-0.3, -0.25) is 19.7 Å². The molecule has 108 valence electrons. The Morgan fingerprint density at radius 2 is 2.05 bits per heavy atom. The van der Waals surface area contributed by atoms with E-state index in [0.717, 1.165) is 12.1 Å². The molecule has 3 N–H and O–H groups in total. The van der Waals surface area contributed by atoms with E-state index in [-0.39, 0.29) is 18.2 Å². The molecular formula is C12H15N3O5. The molecular weight excluding hydrogens is 266 g/mol. The molecule has 0 saturated heterocycles. The molecule has 0 aromatic heterocycles. The van der Waals surface area contributed by atoms with Gasteiger partial charge >= 0.3 is 5.69 Å². The van der Waals surface area contributed by atoms with Crippen LogP contribution in [0.3, 0.4) is 0 Å². The maximum atomic E-state index is 12.2. The topological polar surface area (TPSA) is 127 Å². The minimum atomic E-state index is -0.757. The van der Waals surface area contributed by atoms with Crippen LogP contribution in [0.4, 0.5) is 5.69 Å². The molecule has 0 fully saturated rings. The lowest BCUT2D eigenvalue weighted by Gasteiger charge is -2.25. The summed E-state index contributed by atoms with van der Waals surface area (Å²) < 4.78 is 0. The van der Waals surface area contributed by atoms with Crippen molar-refractivity contribution in [3.05, 3.63) is 33.9 Å². The molecule has 0 aliphatic heterocycles. The zero-order chi connectivity index (χ0) is 15.4. The number of nitrogens with two attached hydrogens (primary N) is 1. The maximum absolute atomic E-state index is 12.2. The average Bonchev–Trinajstić information content (AvgIpc) is 2.34. The number of nitro groups is 1. The van der Waals surface area contributed by atoms with Crippen LogP contribution in [-0.4, -0.2) is 39.3 Å². The Kier molecular flexibility index (Phi) is 4.63. The number of rotatable bonds is 5. The lowest BCUT2D eigenvalue weighted by atomic mass is 10.1. The van der Waals surface area contributed by atoms with Gasteiger partial charge < -0.3 is 15.7 Å². The predicted molar refractivity (Wildman–Crippen MR) is 70.1 cm³/mol. The number of nitro benzene ring substituents is 1. The zero-order valence-electron chi connectivity index (χ0n) is 11.1. The van der Waals surface area contributed by atoms with Crippen molar-refractivity contribution in [2.24, 2.45) is 5.73 Å². The van der Waals surface area contributed by atoms with Gasteiger partial charge in [0.25, 0.3) is 5.91 Å². The average molecular weight is 281 g/mol. The summed E-state index contributed by atoms with van der Waals surface area (Å²) in [4.78, 5) is 34.2. The first-order chi connectivity index (χ1) is 9.23. The third kappa shape index (κ3) is 3.44. The Bertz CT molecular complexity index is 556. The van der Waals surface area contributed by atoms with Gasteiger partial charge in [-0.2, -0.15) is 0 Å². The number of hydrogen-bond donors (Lipinski definition) is 2. The van der Waals surface area contributed by atoms with Crippen molar-refractivity contribution in [2.75, 3.05) is 6.54 Å². The molecule has 1 rings (SSSR count). The van der Waals surface area contributed by atoms with E-state index >= 15 is 0 Å². The Morgan fingerprint density at radius 1 is 1.45 bits per heavy atom. The largest absolute Gasteiger partial charge is 0.502 e. The number of amides is 2. The van der Waals surface area contributed by atoms with Gasteiger partial charge in [0.2, 0.25) is 5.91 Å². The van der Waals surface area contributed by atoms with E-state index in [1.54, 1.807) is 13.8 Å². The van der Waals surface area contributed by atoms with Crippen LogP contribution in [0.2, 0.25) is 0 Å². The summed E-state index contributed by atoms with van der Waals surface area (Å²) in [7, 11) is 0. The maximum Gasteiger partial charge on any atom is 0.310 e. The summed E-state index contributed by atoms with van der Waals surface area (Å²) in [6.07, 6.45) is 0. The molecule has 0 spiro atoms. The molecule has 0 atom stereocenters. The molecule has 20 heavy (non-hydrogen) atoms. The molecule has 8 heteroatoms. The van der Waals surface area contributed by atoms with Crippen molar-refractivity contribution in [1.29, 1.82) is 0 Å². The second kappa shape index (κ2) is 6.00. The van der Waals surface area contributed by atoms with Crippen molar-refractivity contribution in [3.8, 4) is 5.75 Å². The summed E-state index contributed by atoms with van der Waals surface area (Å²) in [6, 6.07) is 2.96. The highest BCUT2D eigenvalue weighted by atomic mass is 16.6. The number of phenolic OH excluding ortho intramolecular Hbond substituents is 1.